The molecule has 0 aliphatic carbocycles. The Morgan fingerprint density at radius 2 is 1.67 bits per heavy atom. The van der Waals surface area contributed by atoms with Crippen molar-refractivity contribution in [3.8, 4) is 0 Å². The van der Waals surface area contributed by atoms with E-state index in [4.69, 9.17) is 0 Å². The molecule has 13 nitrogen and oxygen atoms in total. The number of benzene rings is 1. The fourth-order valence-corrected chi connectivity index (χ4v) is 6.96. The highest BCUT2D eigenvalue weighted by Crippen LogP contribution is 2.39. The van der Waals surface area contributed by atoms with Crippen LogP contribution in [0.3, 0.4) is 0 Å². The van der Waals surface area contributed by atoms with Crippen LogP contribution in [0.4, 0.5) is 0 Å². The molecule has 0 spiro atoms. The largest absolute Gasteiger partial charge is 0.350 e. The molecule has 262 valence electrons. The van der Waals surface area contributed by atoms with E-state index in [1.54, 1.807) is 4.90 Å². The number of carbonyl (C=O) groups is 7. The van der Waals surface area contributed by atoms with Crippen molar-refractivity contribution in [3.63, 3.8) is 0 Å². The lowest BCUT2D eigenvalue weighted by Gasteiger charge is -2.34. The van der Waals surface area contributed by atoms with Gasteiger partial charge in [-0.15, -0.1) is 0 Å². The van der Waals surface area contributed by atoms with E-state index in [-0.39, 0.29) is 37.0 Å². The van der Waals surface area contributed by atoms with Gasteiger partial charge in [0, 0.05) is 24.8 Å². The summed E-state index contributed by atoms with van der Waals surface area (Å²) in [5.74, 6) is -4.12. The van der Waals surface area contributed by atoms with Crippen LogP contribution in [0.5, 0.6) is 0 Å². The molecule has 1 aromatic rings. The van der Waals surface area contributed by atoms with Crippen LogP contribution in [-0.2, 0) is 40.0 Å². The van der Waals surface area contributed by atoms with Gasteiger partial charge in [-0.2, -0.15) is 0 Å². The van der Waals surface area contributed by atoms with E-state index >= 15 is 0 Å². The van der Waals surface area contributed by atoms with E-state index < -0.39 is 77.6 Å². The number of nitrogens with zero attached hydrogens (tertiary/aromatic N) is 2. The van der Waals surface area contributed by atoms with Gasteiger partial charge >= 0.3 is 0 Å². The molecule has 13 heteroatoms. The molecule has 3 heterocycles. The molecule has 4 N–H and O–H groups in total. The molecule has 48 heavy (non-hydrogen) atoms. The van der Waals surface area contributed by atoms with Gasteiger partial charge in [0.15, 0.2) is 5.78 Å². The van der Waals surface area contributed by atoms with Crippen molar-refractivity contribution in [2.45, 2.75) is 122 Å². The molecule has 5 amide bonds. The highest BCUT2D eigenvalue weighted by atomic mass is 16.2. The van der Waals surface area contributed by atoms with Crippen LogP contribution < -0.4 is 21.3 Å². The van der Waals surface area contributed by atoms with Gasteiger partial charge in [-0.05, 0) is 66.0 Å². The number of hydrogen-bond acceptors (Lipinski definition) is 8. The monoisotopic (exact) mass is 666 g/mol. The Labute approximate surface area is 282 Å². The highest BCUT2D eigenvalue weighted by molar-refractivity contribution is 5.97. The van der Waals surface area contributed by atoms with Gasteiger partial charge in [-0.3, -0.25) is 33.7 Å². The number of ketones is 2. The molecular weight excluding hydrogens is 616 g/mol. The lowest BCUT2D eigenvalue weighted by Crippen LogP contribution is -2.60. The molecule has 1 aromatic carbocycles. The highest BCUT2D eigenvalue weighted by Gasteiger charge is 2.60. The molecule has 0 aromatic heterocycles. The fourth-order valence-electron chi connectivity index (χ4n) is 6.96. The first-order valence-corrected chi connectivity index (χ1v) is 16.9. The molecule has 3 aliphatic rings. The topological polar surface area (TPSA) is 174 Å². The molecule has 0 saturated carbocycles. The third kappa shape index (κ3) is 9.06. The average molecular weight is 667 g/mol. The van der Waals surface area contributed by atoms with E-state index in [0.717, 1.165) is 5.56 Å². The van der Waals surface area contributed by atoms with Gasteiger partial charge in [0.2, 0.25) is 29.5 Å². The van der Waals surface area contributed by atoms with Crippen molar-refractivity contribution in [3.05, 3.63) is 35.9 Å². The van der Waals surface area contributed by atoms with Gasteiger partial charge in [-0.25, -0.2) is 0 Å². The lowest BCUT2D eigenvalue weighted by molar-refractivity contribution is -0.137. The quantitative estimate of drug-likeness (QED) is 0.320. The summed E-state index contributed by atoms with van der Waals surface area (Å²) in [7, 11) is 0. The summed E-state index contributed by atoms with van der Waals surface area (Å²) in [6.07, 6.45) is 1.24. The first kappa shape index (κ1) is 36.7. The van der Waals surface area contributed by atoms with E-state index in [1.807, 2.05) is 62.9 Å². The van der Waals surface area contributed by atoms with Crippen LogP contribution in [0.25, 0.3) is 0 Å². The second-order valence-electron chi connectivity index (χ2n) is 14.3. The SMILES string of the molecule is CC[C@@H]1[C@H]2[C@H](C(=O)NC(C)(C)C)N3CCC[C@H]3C(=O)N[C@@H](Cc3ccccc3)C(=O)NCC(=O)C[C@@H](CC(C)=O)C(=O)N[C@@H](C)C(=O)N21. The number of carbonyl (C=O) groups excluding carboxylic acids is 7. The molecule has 0 bridgehead atoms. The summed E-state index contributed by atoms with van der Waals surface area (Å²) >= 11 is 0. The zero-order chi connectivity index (χ0) is 35.3. The van der Waals surface area contributed by atoms with Crippen LogP contribution in [0, 0.1) is 5.92 Å². The predicted molar refractivity (Wildman–Crippen MR) is 177 cm³/mol. The van der Waals surface area contributed by atoms with E-state index in [2.05, 4.69) is 21.3 Å². The third-order valence-corrected chi connectivity index (χ3v) is 9.18. The van der Waals surface area contributed by atoms with Crippen molar-refractivity contribution < 1.29 is 33.6 Å². The standard InChI is InChI=1S/C35H50N6O7/c1-7-26-28-29(33(47)39-35(4,5)6)40-15-11-14-27(40)32(46)38-25(17-22-12-9-8-10-13-22)31(45)36-19-24(43)18-23(16-20(2)42)30(44)37-21(3)34(48)41(26)28/h8-10,12-13,21,23,25-29H,7,11,14-19H2,1-6H3,(H,36,45)(H,37,44)(H,38,46)(H,39,47)/t21-,23+,25-,26+,27-,28-,29+,41?/m0/s1. The molecule has 0 radical (unpaired) electrons. The molecule has 3 aliphatic heterocycles. The fraction of sp³-hybridized carbons (Fsp3) is 0.629. The van der Waals surface area contributed by atoms with Crippen molar-refractivity contribution >= 4 is 41.1 Å². The molecule has 7 atom stereocenters. The van der Waals surface area contributed by atoms with Crippen LogP contribution >= 0.6 is 0 Å². The molecule has 3 fully saturated rings. The Kier molecular flexibility index (Phi) is 11.8. The summed E-state index contributed by atoms with van der Waals surface area (Å²) in [6, 6.07) is 4.65. The van der Waals surface area contributed by atoms with Crippen molar-refractivity contribution in [1.29, 1.82) is 0 Å². The first-order chi connectivity index (χ1) is 22.6. The minimum absolute atomic E-state index is 0.156. The number of Topliss-reactive ketones (excluding diaryl/α,β-unsaturated/α-hetero) is 2. The van der Waals surface area contributed by atoms with E-state index in [9.17, 15) is 33.6 Å². The molecule has 3 saturated heterocycles. The summed E-state index contributed by atoms with van der Waals surface area (Å²) in [4.78, 5) is 97.3. The number of amides is 5. The van der Waals surface area contributed by atoms with Gasteiger partial charge in [0.25, 0.3) is 0 Å². The predicted octanol–water partition coefficient (Wildman–Crippen LogP) is 0.640. The van der Waals surface area contributed by atoms with Gasteiger partial charge in [0.1, 0.15) is 23.9 Å². The van der Waals surface area contributed by atoms with Crippen molar-refractivity contribution in [1.82, 2.24) is 31.1 Å². The minimum atomic E-state index is -1.04. The number of fused-ring (bicyclic) bond motifs is 2. The Morgan fingerprint density at radius 3 is 2.29 bits per heavy atom. The lowest BCUT2D eigenvalue weighted by atomic mass is 9.95. The van der Waals surface area contributed by atoms with Crippen LogP contribution in [0.1, 0.15) is 79.2 Å². The average Bonchev–Trinajstić information content (AvgIpc) is 3.51. The van der Waals surface area contributed by atoms with Crippen molar-refractivity contribution in [2.24, 2.45) is 5.92 Å². The Morgan fingerprint density at radius 1 is 0.979 bits per heavy atom. The maximum Gasteiger partial charge on any atom is 0.245 e. The third-order valence-electron chi connectivity index (χ3n) is 9.18. The van der Waals surface area contributed by atoms with E-state index in [1.165, 1.54) is 13.8 Å². The normalized spacial score (nSPS) is 29.4. The maximum absolute atomic E-state index is 14.0. The second kappa shape index (κ2) is 15.4. The first-order valence-electron chi connectivity index (χ1n) is 16.9. The van der Waals surface area contributed by atoms with Gasteiger partial charge in [0.05, 0.1) is 30.6 Å². The minimum Gasteiger partial charge on any atom is -0.350 e. The van der Waals surface area contributed by atoms with Crippen LogP contribution in [-0.4, -0.2) is 106 Å². The second-order valence-corrected chi connectivity index (χ2v) is 14.3. The molecule has 0 unspecified atom stereocenters. The molecule has 4 rings (SSSR count). The Bertz CT molecular complexity index is 1410. The number of nitrogens with one attached hydrogen (secondary N) is 4. The Balaban J connectivity index is 1.73. The zero-order valence-electron chi connectivity index (χ0n) is 28.8. The van der Waals surface area contributed by atoms with E-state index in [0.29, 0.717) is 25.8 Å². The van der Waals surface area contributed by atoms with Gasteiger partial charge in [-0.1, -0.05) is 37.3 Å². The molecular formula is C35H50N6O7. The number of hydrogen-bond donors (Lipinski definition) is 4. The summed E-state index contributed by atoms with van der Waals surface area (Å²) in [5, 5.41) is 11.3. The zero-order valence-corrected chi connectivity index (χ0v) is 28.8. The summed E-state index contributed by atoms with van der Waals surface area (Å²) in [5.41, 5.74) is 0.206. The van der Waals surface area contributed by atoms with Crippen LogP contribution in [0.15, 0.2) is 30.3 Å². The van der Waals surface area contributed by atoms with Gasteiger partial charge < -0.3 is 31.0 Å². The Hall–Kier alpha value is -4.13. The summed E-state index contributed by atoms with van der Waals surface area (Å²) < 4.78 is 0. The maximum atomic E-state index is 14.0. The summed E-state index contributed by atoms with van der Waals surface area (Å²) in [6.45, 7) is 10.4. The number of rotatable bonds is 6. The smallest absolute Gasteiger partial charge is 0.245 e. The van der Waals surface area contributed by atoms with Crippen molar-refractivity contribution in [2.75, 3.05) is 13.1 Å². The van der Waals surface area contributed by atoms with Crippen LogP contribution in [0.2, 0.25) is 0 Å².